The summed E-state index contributed by atoms with van der Waals surface area (Å²) in [4.78, 5) is 17.4. The van der Waals surface area contributed by atoms with Crippen molar-refractivity contribution in [3.8, 4) is 0 Å². The molecule has 2 aromatic rings. The van der Waals surface area contributed by atoms with Crippen molar-refractivity contribution in [1.82, 2.24) is 15.6 Å². The quantitative estimate of drug-likeness (QED) is 0.773. The maximum absolute atomic E-state index is 12.7. The molecule has 2 aliphatic rings. The highest BCUT2D eigenvalue weighted by atomic mass is 35.5. The van der Waals surface area contributed by atoms with Crippen molar-refractivity contribution in [1.29, 1.82) is 0 Å². The molecule has 0 radical (unpaired) electrons. The minimum atomic E-state index is 0. The van der Waals surface area contributed by atoms with Gasteiger partial charge in [0.2, 0.25) is 5.91 Å². The molecule has 2 atom stereocenters. The highest BCUT2D eigenvalue weighted by molar-refractivity contribution is 7.18. The summed E-state index contributed by atoms with van der Waals surface area (Å²) in [5.41, 5.74) is 1.04. The van der Waals surface area contributed by atoms with Crippen molar-refractivity contribution >= 4 is 52.3 Å². The van der Waals surface area contributed by atoms with Crippen LogP contribution in [0.25, 0.3) is 10.2 Å². The van der Waals surface area contributed by atoms with Gasteiger partial charge < -0.3 is 10.6 Å². The number of nitrogens with zero attached hydrogens (tertiary/aromatic N) is 1. The molecule has 1 fully saturated rings. The number of carbonyl (C=O) groups is 1. The van der Waals surface area contributed by atoms with Gasteiger partial charge in [0.05, 0.1) is 21.1 Å². The fourth-order valence-electron chi connectivity index (χ4n) is 3.29. The first-order valence-electron chi connectivity index (χ1n) is 8.30. The second kappa shape index (κ2) is 8.99. The van der Waals surface area contributed by atoms with Crippen LogP contribution in [0.5, 0.6) is 0 Å². The van der Waals surface area contributed by atoms with E-state index in [9.17, 15) is 4.79 Å². The molecule has 136 valence electrons. The minimum Gasteiger partial charge on any atom is -0.355 e. The molecule has 4 rings (SSSR count). The molecule has 4 nitrogen and oxygen atoms in total. The van der Waals surface area contributed by atoms with Crippen molar-refractivity contribution in [2.45, 2.75) is 18.8 Å². The van der Waals surface area contributed by atoms with Gasteiger partial charge in [0.15, 0.2) is 0 Å². The van der Waals surface area contributed by atoms with E-state index in [2.05, 4.69) is 28.9 Å². The molecule has 1 aliphatic heterocycles. The SMILES string of the molecule is Cl.Cl.O=C(NCC1CNC1)C1CC=CCC1c1nc2ccccc2s1. The summed E-state index contributed by atoms with van der Waals surface area (Å²) in [5, 5.41) is 7.49. The van der Waals surface area contributed by atoms with Crippen LogP contribution >= 0.6 is 36.2 Å². The molecular formula is C18H23Cl2N3OS. The Labute approximate surface area is 164 Å². The number of amides is 1. The lowest BCUT2D eigenvalue weighted by molar-refractivity contribution is -0.126. The van der Waals surface area contributed by atoms with Crippen LogP contribution in [0.1, 0.15) is 23.8 Å². The summed E-state index contributed by atoms with van der Waals surface area (Å²) in [5.74, 6) is 0.995. The Morgan fingerprint density at radius 1 is 1.20 bits per heavy atom. The van der Waals surface area contributed by atoms with Crippen molar-refractivity contribution in [2.75, 3.05) is 19.6 Å². The van der Waals surface area contributed by atoms with Gasteiger partial charge in [-0.25, -0.2) is 4.98 Å². The van der Waals surface area contributed by atoms with E-state index in [1.54, 1.807) is 11.3 Å². The molecule has 2 N–H and O–H groups in total. The van der Waals surface area contributed by atoms with Crippen LogP contribution in [0.4, 0.5) is 0 Å². The van der Waals surface area contributed by atoms with Gasteiger partial charge in [0.1, 0.15) is 0 Å². The number of hydrogen-bond donors (Lipinski definition) is 2. The lowest BCUT2D eigenvalue weighted by Crippen LogP contribution is -2.49. The van der Waals surface area contributed by atoms with E-state index in [0.29, 0.717) is 5.92 Å². The first-order chi connectivity index (χ1) is 11.3. The highest BCUT2D eigenvalue weighted by Gasteiger charge is 2.32. The van der Waals surface area contributed by atoms with Crippen LogP contribution in [-0.2, 0) is 4.79 Å². The summed E-state index contributed by atoms with van der Waals surface area (Å²) >= 11 is 1.73. The maximum atomic E-state index is 12.7. The maximum Gasteiger partial charge on any atom is 0.224 e. The molecule has 2 heterocycles. The topological polar surface area (TPSA) is 54.0 Å². The van der Waals surface area contributed by atoms with Crippen LogP contribution in [0, 0.1) is 11.8 Å². The molecule has 1 aliphatic carbocycles. The second-order valence-electron chi connectivity index (χ2n) is 6.45. The molecule has 0 spiro atoms. The Morgan fingerprint density at radius 2 is 1.96 bits per heavy atom. The van der Waals surface area contributed by atoms with Crippen LogP contribution in [0.15, 0.2) is 36.4 Å². The van der Waals surface area contributed by atoms with Gasteiger partial charge in [-0.15, -0.1) is 36.2 Å². The van der Waals surface area contributed by atoms with Gasteiger partial charge in [-0.3, -0.25) is 4.79 Å². The molecule has 1 amide bonds. The molecule has 0 bridgehead atoms. The fourth-order valence-corrected chi connectivity index (χ4v) is 4.44. The van der Waals surface area contributed by atoms with Gasteiger partial charge in [-0.2, -0.15) is 0 Å². The normalized spacial score (nSPS) is 22.6. The molecule has 0 saturated carbocycles. The average molecular weight is 400 g/mol. The molecular weight excluding hydrogens is 377 g/mol. The minimum absolute atomic E-state index is 0. The van der Waals surface area contributed by atoms with Crippen molar-refractivity contribution in [2.24, 2.45) is 11.8 Å². The third kappa shape index (κ3) is 4.34. The number of halogens is 2. The van der Waals surface area contributed by atoms with Crippen molar-refractivity contribution in [3.05, 3.63) is 41.4 Å². The van der Waals surface area contributed by atoms with Gasteiger partial charge in [0, 0.05) is 31.5 Å². The number of thiazole rings is 1. The summed E-state index contributed by atoms with van der Waals surface area (Å²) in [6.45, 7) is 2.83. The number of rotatable bonds is 4. The molecule has 1 aromatic carbocycles. The van der Waals surface area contributed by atoms with E-state index in [4.69, 9.17) is 4.98 Å². The number of aromatic nitrogens is 1. The number of allylic oxidation sites excluding steroid dienone is 2. The average Bonchev–Trinajstić information content (AvgIpc) is 2.97. The lowest BCUT2D eigenvalue weighted by Gasteiger charge is -2.30. The molecule has 7 heteroatoms. The standard InChI is InChI=1S/C18H21N3OS.2ClH/c22-17(20-11-12-9-19-10-12)13-5-1-2-6-14(13)18-21-15-7-3-4-8-16(15)23-18;;/h1-4,7-8,12-14,19H,5-6,9-11H2,(H,20,22);2*1H. The third-order valence-electron chi connectivity index (χ3n) is 4.83. The Kier molecular flexibility index (Phi) is 7.25. The monoisotopic (exact) mass is 399 g/mol. The molecule has 25 heavy (non-hydrogen) atoms. The summed E-state index contributed by atoms with van der Waals surface area (Å²) < 4.78 is 1.21. The first kappa shape index (κ1) is 20.2. The predicted octanol–water partition coefficient (Wildman–Crippen LogP) is 3.53. The number of hydrogen-bond acceptors (Lipinski definition) is 4. The van der Waals surface area contributed by atoms with Crippen molar-refractivity contribution in [3.63, 3.8) is 0 Å². The largest absolute Gasteiger partial charge is 0.355 e. The summed E-state index contributed by atoms with van der Waals surface area (Å²) in [6.07, 6.45) is 6.05. The van der Waals surface area contributed by atoms with E-state index < -0.39 is 0 Å². The molecule has 2 unspecified atom stereocenters. The Balaban J connectivity index is 0.00000113. The van der Waals surface area contributed by atoms with Crippen LogP contribution in [-0.4, -0.2) is 30.5 Å². The zero-order chi connectivity index (χ0) is 15.6. The zero-order valence-corrected chi connectivity index (χ0v) is 16.3. The number of fused-ring (bicyclic) bond motifs is 1. The smallest absolute Gasteiger partial charge is 0.224 e. The summed E-state index contributed by atoms with van der Waals surface area (Å²) in [6, 6.07) is 8.21. The van der Waals surface area contributed by atoms with E-state index in [-0.39, 0.29) is 42.6 Å². The van der Waals surface area contributed by atoms with Crippen LogP contribution < -0.4 is 10.6 Å². The van der Waals surface area contributed by atoms with Crippen LogP contribution in [0.2, 0.25) is 0 Å². The van der Waals surface area contributed by atoms with E-state index in [0.717, 1.165) is 43.0 Å². The zero-order valence-electron chi connectivity index (χ0n) is 13.8. The van der Waals surface area contributed by atoms with Crippen molar-refractivity contribution < 1.29 is 4.79 Å². The lowest BCUT2D eigenvalue weighted by atomic mass is 9.82. The van der Waals surface area contributed by atoms with Crippen LogP contribution in [0.3, 0.4) is 0 Å². The predicted molar refractivity (Wildman–Crippen MR) is 108 cm³/mol. The highest BCUT2D eigenvalue weighted by Crippen LogP contribution is 2.38. The van der Waals surface area contributed by atoms with E-state index in [1.807, 2.05) is 18.2 Å². The number of nitrogens with one attached hydrogen (secondary N) is 2. The first-order valence-corrected chi connectivity index (χ1v) is 9.12. The Hall–Kier alpha value is -1.14. The number of para-hydroxylation sites is 1. The van der Waals surface area contributed by atoms with E-state index in [1.165, 1.54) is 4.70 Å². The fraction of sp³-hybridized carbons (Fsp3) is 0.444. The third-order valence-corrected chi connectivity index (χ3v) is 6.00. The molecule has 1 saturated heterocycles. The van der Waals surface area contributed by atoms with Gasteiger partial charge in [0.25, 0.3) is 0 Å². The Morgan fingerprint density at radius 3 is 2.68 bits per heavy atom. The van der Waals surface area contributed by atoms with Gasteiger partial charge in [-0.05, 0) is 25.0 Å². The summed E-state index contributed by atoms with van der Waals surface area (Å²) in [7, 11) is 0. The molecule has 1 aromatic heterocycles. The Bertz CT molecular complexity index is 712. The number of carbonyl (C=O) groups excluding carboxylic acids is 1. The number of benzene rings is 1. The van der Waals surface area contributed by atoms with Gasteiger partial charge in [-0.1, -0.05) is 24.3 Å². The second-order valence-corrected chi connectivity index (χ2v) is 7.51. The van der Waals surface area contributed by atoms with Gasteiger partial charge >= 0.3 is 0 Å². The van der Waals surface area contributed by atoms with E-state index >= 15 is 0 Å².